The molecule has 0 bridgehead atoms. The second kappa shape index (κ2) is 20.3. The van der Waals surface area contributed by atoms with E-state index in [0.29, 0.717) is 0 Å². The summed E-state index contributed by atoms with van der Waals surface area (Å²) in [5, 5.41) is 4.35. The molecule has 0 saturated carbocycles. The van der Waals surface area contributed by atoms with Gasteiger partial charge in [-0.1, -0.05) is 45.6 Å². The molecule has 0 rings (SSSR count). The van der Waals surface area contributed by atoms with Gasteiger partial charge < -0.3 is 5.32 Å². The van der Waals surface area contributed by atoms with Crippen LogP contribution in [0.5, 0.6) is 0 Å². The van der Waals surface area contributed by atoms with Gasteiger partial charge in [-0.3, -0.25) is 4.79 Å². The van der Waals surface area contributed by atoms with Crippen molar-refractivity contribution in [1.82, 2.24) is 0 Å². The van der Waals surface area contributed by atoms with Gasteiger partial charge in [0.2, 0.25) is 0 Å². The van der Waals surface area contributed by atoms with Crippen molar-refractivity contribution in [3.05, 3.63) is 17.5 Å². The molecule has 0 radical (unpaired) electrons. The second-order valence-electron chi connectivity index (χ2n) is 3.49. The third kappa shape index (κ3) is 29.2. The third-order valence-corrected chi connectivity index (χ3v) is 1.74. The molecular weight excluding hydrogens is 245 g/mol. The Labute approximate surface area is 111 Å². The minimum atomic E-state index is 0. The zero-order chi connectivity index (χ0) is 11.9. The Morgan fingerprint density at radius 3 is 1.75 bits per heavy atom. The number of unbranched alkanes of at least 4 members (excludes halogenated alkanes) is 2. The Morgan fingerprint density at radius 2 is 1.56 bits per heavy atom. The van der Waals surface area contributed by atoms with Gasteiger partial charge in [0.05, 0.1) is 0 Å². The molecular formula is C13H26NNiO-. The fourth-order valence-electron chi connectivity index (χ4n) is 0.886. The van der Waals surface area contributed by atoms with Crippen LogP contribution in [0.2, 0.25) is 0 Å². The van der Waals surface area contributed by atoms with Gasteiger partial charge in [0.15, 0.2) is 5.78 Å². The van der Waals surface area contributed by atoms with Gasteiger partial charge in [0, 0.05) is 16.5 Å². The van der Waals surface area contributed by atoms with Crippen LogP contribution < -0.4 is 0 Å². The average Bonchev–Trinajstić information content (AvgIpc) is 2.18. The van der Waals surface area contributed by atoms with Gasteiger partial charge in [-0.15, -0.1) is 13.1 Å². The standard InChI is InChI=1S/C8H18N.C5H8O.Ni/c1-3-5-7-9-8-6-4-2;1-3-4-5(2)6;/h3-8H2,1-2H3;3-4H,1-2H3;/q-1;;. The first-order chi connectivity index (χ1) is 7.18. The number of hydrogen-bond acceptors (Lipinski definition) is 1. The molecule has 2 nitrogen and oxygen atoms in total. The van der Waals surface area contributed by atoms with Gasteiger partial charge in [0.1, 0.15) is 0 Å². The van der Waals surface area contributed by atoms with Crippen LogP contribution >= 0.6 is 0 Å². The molecule has 0 amide bonds. The van der Waals surface area contributed by atoms with E-state index < -0.39 is 0 Å². The van der Waals surface area contributed by atoms with E-state index in [1.807, 2.05) is 6.92 Å². The summed E-state index contributed by atoms with van der Waals surface area (Å²) >= 11 is 0. The first kappa shape index (κ1) is 21.2. The average molecular weight is 271 g/mol. The number of carbonyl (C=O) groups excluding carboxylic acids is 1. The molecule has 0 aliphatic carbocycles. The molecule has 0 aromatic heterocycles. The molecule has 0 atom stereocenters. The van der Waals surface area contributed by atoms with Gasteiger partial charge in [-0.25, -0.2) is 0 Å². The zero-order valence-electron chi connectivity index (χ0n) is 11.1. The Kier molecular flexibility index (Phi) is 26.9. The predicted octanol–water partition coefficient (Wildman–Crippen LogP) is 4.11. The van der Waals surface area contributed by atoms with Gasteiger partial charge in [0.25, 0.3) is 0 Å². The molecule has 0 saturated heterocycles. The summed E-state index contributed by atoms with van der Waals surface area (Å²) in [6.07, 6.45) is 8.33. The Balaban J connectivity index is -0.000000214. The minimum absolute atomic E-state index is 0. The molecule has 3 heteroatoms. The number of rotatable bonds is 7. The monoisotopic (exact) mass is 270 g/mol. The minimum Gasteiger partial charge on any atom is -0.662 e. The van der Waals surface area contributed by atoms with Crippen molar-refractivity contribution in [2.24, 2.45) is 0 Å². The SMILES string of the molecule is CC=CC(C)=O.CCCC[N-]CCCC.[Ni]. The zero-order valence-corrected chi connectivity index (χ0v) is 12.1. The van der Waals surface area contributed by atoms with Crippen LogP contribution in [0.1, 0.15) is 53.4 Å². The summed E-state index contributed by atoms with van der Waals surface area (Å²) in [5.41, 5.74) is 0. The van der Waals surface area contributed by atoms with Crippen LogP contribution in [0.25, 0.3) is 5.32 Å². The van der Waals surface area contributed by atoms with Crippen molar-refractivity contribution >= 4 is 5.78 Å². The Hall–Kier alpha value is -0.136. The fourth-order valence-corrected chi connectivity index (χ4v) is 0.886. The number of hydrogen-bond donors (Lipinski definition) is 0. The normalized spacial score (nSPS) is 9.25. The van der Waals surface area contributed by atoms with Gasteiger partial charge >= 0.3 is 0 Å². The van der Waals surface area contributed by atoms with Crippen molar-refractivity contribution in [1.29, 1.82) is 0 Å². The maximum atomic E-state index is 9.96. The van der Waals surface area contributed by atoms with Crippen molar-refractivity contribution in [3.63, 3.8) is 0 Å². The summed E-state index contributed by atoms with van der Waals surface area (Å²) in [6, 6.07) is 0. The van der Waals surface area contributed by atoms with Crippen molar-refractivity contribution in [3.8, 4) is 0 Å². The van der Waals surface area contributed by atoms with E-state index >= 15 is 0 Å². The van der Waals surface area contributed by atoms with E-state index in [0.717, 1.165) is 13.1 Å². The van der Waals surface area contributed by atoms with Crippen LogP contribution in [0.3, 0.4) is 0 Å². The molecule has 0 spiro atoms. The molecule has 16 heavy (non-hydrogen) atoms. The number of carbonyl (C=O) groups is 1. The molecule has 0 unspecified atom stereocenters. The quantitative estimate of drug-likeness (QED) is 0.389. The summed E-state index contributed by atoms with van der Waals surface area (Å²) in [6.45, 7) is 9.92. The maximum Gasteiger partial charge on any atom is 0.152 e. The van der Waals surface area contributed by atoms with E-state index in [1.165, 1.54) is 38.7 Å². The van der Waals surface area contributed by atoms with E-state index in [-0.39, 0.29) is 22.3 Å². The largest absolute Gasteiger partial charge is 0.662 e. The van der Waals surface area contributed by atoms with Crippen LogP contribution in [0.15, 0.2) is 12.2 Å². The summed E-state index contributed by atoms with van der Waals surface area (Å²) in [4.78, 5) is 9.96. The summed E-state index contributed by atoms with van der Waals surface area (Å²) < 4.78 is 0. The first-order valence-corrected chi connectivity index (χ1v) is 5.95. The molecule has 0 fully saturated rings. The van der Waals surface area contributed by atoms with E-state index in [2.05, 4.69) is 19.2 Å². The molecule has 0 N–H and O–H groups in total. The molecule has 0 aromatic rings. The first-order valence-electron chi connectivity index (χ1n) is 5.95. The van der Waals surface area contributed by atoms with E-state index in [1.54, 1.807) is 6.08 Å². The van der Waals surface area contributed by atoms with Gasteiger partial charge in [-0.2, -0.15) is 0 Å². The van der Waals surface area contributed by atoms with Crippen LogP contribution in [-0.2, 0) is 21.3 Å². The van der Waals surface area contributed by atoms with Crippen molar-refractivity contribution < 1.29 is 21.3 Å². The number of allylic oxidation sites excluding steroid dienone is 2. The Morgan fingerprint density at radius 1 is 1.12 bits per heavy atom. The smallest absolute Gasteiger partial charge is 0.152 e. The third-order valence-electron chi connectivity index (χ3n) is 1.74. The summed E-state index contributed by atoms with van der Waals surface area (Å²) in [5.74, 6) is 0.109. The van der Waals surface area contributed by atoms with E-state index in [4.69, 9.17) is 0 Å². The van der Waals surface area contributed by atoms with Crippen LogP contribution in [0.4, 0.5) is 0 Å². The molecule has 0 aliphatic heterocycles. The topological polar surface area (TPSA) is 31.2 Å². The number of nitrogens with zero attached hydrogens (tertiary/aromatic N) is 1. The van der Waals surface area contributed by atoms with Crippen LogP contribution in [0, 0.1) is 0 Å². The van der Waals surface area contributed by atoms with Crippen molar-refractivity contribution in [2.75, 3.05) is 13.1 Å². The molecule has 0 aliphatic rings. The fraction of sp³-hybridized carbons (Fsp3) is 0.769. The van der Waals surface area contributed by atoms with Crippen molar-refractivity contribution in [2.45, 2.75) is 53.4 Å². The van der Waals surface area contributed by atoms with E-state index in [9.17, 15) is 4.79 Å². The second-order valence-corrected chi connectivity index (χ2v) is 3.49. The maximum absolute atomic E-state index is 9.96. The van der Waals surface area contributed by atoms with Crippen LogP contribution in [-0.4, -0.2) is 18.9 Å². The predicted molar refractivity (Wildman–Crippen MR) is 68.4 cm³/mol. The van der Waals surface area contributed by atoms with Gasteiger partial charge in [-0.05, 0) is 19.9 Å². The Bertz CT molecular complexity index is 152. The number of ketones is 1. The molecule has 0 aromatic carbocycles. The molecule has 0 heterocycles. The molecule has 100 valence electrons. The summed E-state index contributed by atoms with van der Waals surface area (Å²) in [7, 11) is 0.